The Bertz CT molecular complexity index is 218. The lowest BCUT2D eigenvalue weighted by Gasteiger charge is -2.09. The molecule has 60 valence electrons. The highest BCUT2D eigenvalue weighted by molar-refractivity contribution is 5.41. The summed E-state index contributed by atoms with van der Waals surface area (Å²) < 4.78 is 0. The molecule has 0 spiro atoms. The Hall–Kier alpha value is -0.780. The highest BCUT2D eigenvalue weighted by Crippen LogP contribution is 2.39. The predicted molar refractivity (Wildman–Crippen MR) is 50.4 cm³/mol. The highest BCUT2D eigenvalue weighted by atomic mass is 14.3. The molecule has 0 N–H and O–H groups in total. The number of rotatable bonds is 3. The molecule has 0 nitrogen and oxygen atoms in total. The van der Waals surface area contributed by atoms with E-state index in [-0.39, 0.29) is 0 Å². The van der Waals surface area contributed by atoms with Gasteiger partial charge >= 0.3 is 0 Å². The van der Waals surface area contributed by atoms with E-state index in [1.54, 1.807) is 0 Å². The highest BCUT2D eigenvalue weighted by Gasteiger charge is 2.27. The minimum atomic E-state index is 0.626. The lowest BCUT2D eigenvalue weighted by atomic mass is 9.96. The van der Waals surface area contributed by atoms with Crippen LogP contribution >= 0.6 is 0 Å². The van der Waals surface area contributed by atoms with E-state index in [1.165, 1.54) is 11.1 Å². The molecule has 0 heterocycles. The Morgan fingerprint density at radius 1 is 1.73 bits per heavy atom. The van der Waals surface area contributed by atoms with Gasteiger partial charge in [0.2, 0.25) is 0 Å². The van der Waals surface area contributed by atoms with Gasteiger partial charge in [-0.05, 0) is 25.3 Å². The zero-order valence-corrected chi connectivity index (χ0v) is 7.59. The Balaban J connectivity index is 2.41. The van der Waals surface area contributed by atoms with Crippen molar-refractivity contribution < 1.29 is 0 Å². The van der Waals surface area contributed by atoms with Crippen molar-refractivity contribution in [3.8, 4) is 0 Å². The molecule has 0 saturated carbocycles. The van der Waals surface area contributed by atoms with E-state index >= 15 is 0 Å². The first-order chi connectivity index (χ1) is 5.16. The maximum Gasteiger partial charge on any atom is 0.00836 e. The molecule has 11 heavy (non-hydrogen) atoms. The molecule has 0 aromatic carbocycles. The van der Waals surface area contributed by atoms with Crippen LogP contribution in [0.1, 0.15) is 20.8 Å². The Labute approximate surface area is 69.3 Å². The molecule has 2 unspecified atom stereocenters. The van der Waals surface area contributed by atoms with Crippen molar-refractivity contribution >= 4 is 0 Å². The van der Waals surface area contributed by atoms with Gasteiger partial charge in [-0.1, -0.05) is 37.3 Å². The van der Waals surface area contributed by atoms with E-state index in [4.69, 9.17) is 0 Å². The van der Waals surface area contributed by atoms with Gasteiger partial charge < -0.3 is 0 Å². The molecule has 1 rings (SSSR count). The second kappa shape index (κ2) is 3.08. The largest absolute Gasteiger partial charge is 0.0998 e. The van der Waals surface area contributed by atoms with Crippen molar-refractivity contribution in [2.24, 2.45) is 11.8 Å². The van der Waals surface area contributed by atoms with E-state index in [2.05, 4.69) is 45.6 Å². The second-order valence-electron chi connectivity index (χ2n) is 3.33. The minimum absolute atomic E-state index is 0.626. The van der Waals surface area contributed by atoms with Crippen LogP contribution in [0.15, 0.2) is 36.0 Å². The number of hydrogen-bond acceptors (Lipinski definition) is 0. The summed E-state index contributed by atoms with van der Waals surface area (Å²) in [4.78, 5) is 0. The second-order valence-corrected chi connectivity index (χ2v) is 3.33. The van der Waals surface area contributed by atoms with Gasteiger partial charge in [-0.2, -0.15) is 0 Å². The molecule has 0 heteroatoms. The predicted octanol–water partition coefficient (Wildman–Crippen LogP) is 3.33. The van der Waals surface area contributed by atoms with Gasteiger partial charge in [0.05, 0.1) is 0 Å². The third-order valence-corrected chi connectivity index (χ3v) is 2.32. The maximum atomic E-state index is 3.95. The fraction of sp³-hybridized carbons (Fsp3) is 0.455. The maximum absolute atomic E-state index is 3.95. The van der Waals surface area contributed by atoms with Crippen LogP contribution in [0.25, 0.3) is 0 Å². The molecule has 0 fully saturated rings. The molecule has 0 aromatic heterocycles. The van der Waals surface area contributed by atoms with Crippen LogP contribution in [0.2, 0.25) is 0 Å². The van der Waals surface area contributed by atoms with Gasteiger partial charge in [0.25, 0.3) is 0 Å². The molecule has 1 aliphatic rings. The summed E-state index contributed by atoms with van der Waals surface area (Å²) in [5.41, 5.74) is 2.76. The van der Waals surface area contributed by atoms with Crippen LogP contribution in [0, 0.1) is 11.8 Å². The molecule has 0 amide bonds. The smallest absolute Gasteiger partial charge is 0.00836 e. The summed E-state index contributed by atoms with van der Waals surface area (Å²) in [6.45, 7) is 10.3. The molecular weight excluding hydrogens is 132 g/mol. The molecule has 0 aromatic rings. The molecule has 2 atom stereocenters. The molecule has 0 bridgehead atoms. The van der Waals surface area contributed by atoms with E-state index < -0.39 is 0 Å². The van der Waals surface area contributed by atoms with Crippen LogP contribution in [-0.4, -0.2) is 0 Å². The molecule has 1 aliphatic carbocycles. The van der Waals surface area contributed by atoms with Gasteiger partial charge in [-0.25, -0.2) is 0 Å². The van der Waals surface area contributed by atoms with Crippen molar-refractivity contribution in [1.82, 2.24) is 0 Å². The lowest BCUT2D eigenvalue weighted by Crippen LogP contribution is -1.99. The third-order valence-electron chi connectivity index (χ3n) is 2.32. The first kappa shape index (κ1) is 8.32. The Morgan fingerprint density at radius 3 is 2.82 bits per heavy atom. The molecule has 0 saturated heterocycles. The topological polar surface area (TPSA) is 0 Å². The summed E-state index contributed by atoms with van der Waals surface area (Å²) in [5, 5.41) is 0. The summed E-state index contributed by atoms with van der Waals surface area (Å²) >= 11 is 0. The zero-order chi connectivity index (χ0) is 8.43. The first-order valence-electron chi connectivity index (χ1n) is 4.16. The fourth-order valence-corrected chi connectivity index (χ4v) is 1.26. The van der Waals surface area contributed by atoms with Crippen molar-refractivity contribution in [2.75, 3.05) is 0 Å². The summed E-state index contributed by atoms with van der Waals surface area (Å²) in [6.07, 6.45) is 6.58. The van der Waals surface area contributed by atoms with E-state index in [0.29, 0.717) is 11.8 Å². The summed E-state index contributed by atoms with van der Waals surface area (Å²) in [7, 11) is 0. The molecule has 0 radical (unpaired) electrons. The fourth-order valence-electron chi connectivity index (χ4n) is 1.26. The van der Waals surface area contributed by atoms with E-state index in [1.807, 2.05) is 0 Å². The average Bonchev–Trinajstić information content (AvgIpc) is 2.67. The quantitative estimate of drug-likeness (QED) is 0.538. The average molecular weight is 148 g/mol. The Morgan fingerprint density at radius 2 is 2.36 bits per heavy atom. The van der Waals surface area contributed by atoms with Crippen LogP contribution in [0.4, 0.5) is 0 Å². The Kier molecular flexibility index (Phi) is 2.33. The lowest BCUT2D eigenvalue weighted by molar-refractivity contribution is 0.624. The normalized spacial score (nSPS) is 25.0. The van der Waals surface area contributed by atoms with Crippen molar-refractivity contribution in [3.05, 3.63) is 36.0 Å². The molecular formula is C11H16. The first-order valence-corrected chi connectivity index (χ1v) is 4.16. The van der Waals surface area contributed by atoms with Crippen LogP contribution in [0.3, 0.4) is 0 Å². The van der Waals surface area contributed by atoms with Gasteiger partial charge in [0, 0.05) is 5.92 Å². The number of hydrogen-bond donors (Lipinski definition) is 0. The van der Waals surface area contributed by atoms with Gasteiger partial charge in [-0.15, -0.1) is 0 Å². The minimum Gasteiger partial charge on any atom is -0.0998 e. The number of allylic oxidation sites excluding steroid dienone is 5. The van der Waals surface area contributed by atoms with Crippen molar-refractivity contribution in [1.29, 1.82) is 0 Å². The third kappa shape index (κ3) is 1.83. The van der Waals surface area contributed by atoms with Crippen LogP contribution in [-0.2, 0) is 0 Å². The van der Waals surface area contributed by atoms with Crippen molar-refractivity contribution in [2.45, 2.75) is 20.8 Å². The van der Waals surface area contributed by atoms with Crippen LogP contribution < -0.4 is 0 Å². The van der Waals surface area contributed by atoms with Gasteiger partial charge in [0.1, 0.15) is 0 Å². The van der Waals surface area contributed by atoms with E-state index in [9.17, 15) is 0 Å². The van der Waals surface area contributed by atoms with Crippen molar-refractivity contribution in [3.63, 3.8) is 0 Å². The van der Waals surface area contributed by atoms with Gasteiger partial charge in [0.15, 0.2) is 0 Å². The van der Waals surface area contributed by atoms with E-state index in [0.717, 1.165) is 0 Å². The zero-order valence-electron chi connectivity index (χ0n) is 7.59. The van der Waals surface area contributed by atoms with Crippen LogP contribution in [0.5, 0.6) is 0 Å². The van der Waals surface area contributed by atoms with Gasteiger partial charge in [-0.3, -0.25) is 0 Å². The summed E-state index contributed by atoms with van der Waals surface area (Å²) in [6, 6.07) is 0. The molecule has 0 aliphatic heterocycles. The monoisotopic (exact) mass is 148 g/mol. The summed E-state index contributed by atoms with van der Waals surface area (Å²) in [5.74, 6) is 1.31. The standard InChI is InChI=1S/C11H16/c1-5-6-10-7-11(10)9(4)8(2)3/h5-7,9,11H,2H2,1,3-4H3. The SMILES string of the molecule is C=C(C)C(C)C1C=C1C=CC.